The van der Waals surface area contributed by atoms with Crippen molar-refractivity contribution in [1.82, 2.24) is 10.3 Å². The fourth-order valence-electron chi connectivity index (χ4n) is 1.88. The maximum absolute atomic E-state index is 5.82. The fraction of sp³-hybridized carbons (Fsp3) is 0.438. The number of aromatic nitrogens is 1. The topological polar surface area (TPSA) is 37.4 Å². The molecule has 21 heavy (non-hydrogen) atoms. The van der Waals surface area contributed by atoms with Crippen LogP contribution < -0.4 is 15.0 Å². The van der Waals surface area contributed by atoms with Crippen LogP contribution in [0.1, 0.15) is 24.0 Å². The first-order valence-electron chi connectivity index (χ1n) is 7.23. The molecule has 2 rings (SSSR count). The largest absolute Gasteiger partial charge is 0.487 e. The van der Waals surface area contributed by atoms with Gasteiger partial charge in [0.25, 0.3) is 0 Å². The van der Waals surface area contributed by atoms with E-state index in [1.165, 1.54) is 0 Å². The smallest absolute Gasteiger partial charge is 0.131 e. The van der Waals surface area contributed by atoms with Crippen LogP contribution >= 0.6 is 11.3 Å². The van der Waals surface area contributed by atoms with Crippen LogP contribution in [0.4, 0.5) is 5.69 Å². The van der Waals surface area contributed by atoms with Gasteiger partial charge in [0.1, 0.15) is 17.4 Å². The lowest BCUT2D eigenvalue weighted by Gasteiger charge is -2.13. The summed E-state index contributed by atoms with van der Waals surface area (Å²) in [6.45, 7) is 4.55. The van der Waals surface area contributed by atoms with Gasteiger partial charge in [0, 0.05) is 37.8 Å². The molecule has 0 aliphatic heterocycles. The van der Waals surface area contributed by atoms with Crippen molar-refractivity contribution in [2.24, 2.45) is 0 Å². The Labute approximate surface area is 130 Å². The Hall–Kier alpha value is -1.59. The standard InChI is InChI=1S/C16H23N3OS/c1-4-8-17-10-16-18-13(12-21-16)11-20-15-7-5-6-14(9-15)19(2)3/h5-7,9,12,17H,4,8,10-11H2,1-3H3. The molecule has 4 nitrogen and oxygen atoms in total. The number of nitrogens with zero attached hydrogens (tertiary/aromatic N) is 2. The van der Waals surface area contributed by atoms with Crippen molar-refractivity contribution < 1.29 is 4.74 Å². The lowest BCUT2D eigenvalue weighted by molar-refractivity contribution is 0.302. The normalized spacial score (nSPS) is 10.6. The number of hydrogen-bond acceptors (Lipinski definition) is 5. The molecule has 0 aliphatic carbocycles. The summed E-state index contributed by atoms with van der Waals surface area (Å²) in [7, 11) is 4.05. The number of benzene rings is 1. The second kappa shape index (κ2) is 8.00. The predicted molar refractivity (Wildman–Crippen MR) is 89.2 cm³/mol. The molecule has 0 amide bonds. The third-order valence-electron chi connectivity index (χ3n) is 3.02. The van der Waals surface area contributed by atoms with Crippen LogP contribution in [0.5, 0.6) is 5.75 Å². The average molecular weight is 305 g/mol. The van der Waals surface area contributed by atoms with Crippen LogP contribution in [0.3, 0.4) is 0 Å². The summed E-state index contributed by atoms with van der Waals surface area (Å²) < 4.78 is 5.82. The third kappa shape index (κ3) is 5.02. The Kier molecular flexibility index (Phi) is 6.02. The zero-order valence-corrected chi connectivity index (χ0v) is 13.7. The molecule has 5 heteroatoms. The van der Waals surface area contributed by atoms with Crippen LogP contribution in [0.2, 0.25) is 0 Å². The van der Waals surface area contributed by atoms with Crippen LogP contribution in [-0.4, -0.2) is 25.6 Å². The number of hydrogen-bond donors (Lipinski definition) is 1. The molecule has 0 atom stereocenters. The number of nitrogens with one attached hydrogen (secondary N) is 1. The Bertz CT molecular complexity index is 554. The third-order valence-corrected chi connectivity index (χ3v) is 3.92. The van der Waals surface area contributed by atoms with Crippen molar-refractivity contribution >= 4 is 17.0 Å². The SMILES string of the molecule is CCCNCc1nc(COc2cccc(N(C)C)c2)cs1. The summed E-state index contributed by atoms with van der Waals surface area (Å²) in [6, 6.07) is 8.08. The first kappa shape index (κ1) is 15.8. The maximum Gasteiger partial charge on any atom is 0.131 e. The first-order chi connectivity index (χ1) is 10.2. The molecule has 0 aliphatic rings. The highest BCUT2D eigenvalue weighted by Crippen LogP contribution is 2.20. The minimum atomic E-state index is 0.515. The van der Waals surface area contributed by atoms with E-state index in [1.807, 2.05) is 32.3 Å². The average Bonchev–Trinajstić information content (AvgIpc) is 2.94. The maximum atomic E-state index is 5.82. The van der Waals surface area contributed by atoms with Gasteiger partial charge >= 0.3 is 0 Å². The van der Waals surface area contributed by atoms with Gasteiger partial charge in [-0.3, -0.25) is 0 Å². The van der Waals surface area contributed by atoms with Crippen LogP contribution in [0.25, 0.3) is 0 Å². The molecule has 0 fully saturated rings. The Morgan fingerprint density at radius 3 is 2.95 bits per heavy atom. The van der Waals surface area contributed by atoms with Crippen molar-refractivity contribution in [1.29, 1.82) is 0 Å². The van der Waals surface area contributed by atoms with Crippen molar-refractivity contribution in [2.45, 2.75) is 26.5 Å². The molecule has 1 heterocycles. The molecule has 0 saturated heterocycles. The summed E-state index contributed by atoms with van der Waals surface area (Å²) in [4.78, 5) is 6.64. The molecule has 0 radical (unpaired) electrons. The van der Waals surface area contributed by atoms with E-state index in [2.05, 4.69) is 33.6 Å². The van der Waals surface area contributed by atoms with Gasteiger partial charge in [-0.15, -0.1) is 11.3 Å². The van der Waals surface area contributed by atoms with Gasteiger partial charge < -0.3 is 15.0 Å². The lowest BCUT2D eigenvalue weighted by atomic mass is 10.3. The molecule has 1 N–H and O–H groups in total. The Morgan fingerprint density at radius 1 is 1.33 bits per heavy atom. The predicted octanol–water partition coefficient (Wildman–Crippen LogP) is 3.29. The van der Waals surface area contributed by atoms with Gasteiger partial charge in [-0.25, -0.2) is 4.98 Å². The Morgan fingerprint density at radius 2 is 2.19 bits per heavy atom. The molecule has 0 saturated carbocycles. The summed E-state index contributed by atoms with van der Waals surface area (Å²) >= 11 is 1.68. The van der Waals surface area contributed by atoms with E-state index in [1.54, 1.807) is 11.3 Å². The van der Waals surface area contributed by atoms with Gasteiger partial charge in [-0.1, -0.05) is 13.0 Å². The highest BCUT2D eigenvalue weighted by molar-refractivity contribution is 7.09. The van der Waals surface area contributed by atoms with Crippen molar-refractivity contribution in [3.05, 3.63) is 40.3 Å². The van der Waals surface area contributed by atoms with E-state index in [0.29, 0.717) is 6.61 Å². The molecule has 0 bridgehead atoms. The van der Waals surface area contributed by atoms with Crippen molar-refractivity contribution in [2.75, 3.05) is 25.5 Å². The number of ether oxygens (including phenoxy) is 1. The summed E-state index contributed by atoms with van der Waals surface area (Å²) in [6.07, 6.45) is 1.14. The second-order valence-electron chi connectivity index (χ2n) is 5.09. The highest BCUT2D eigenvalue weighted by atomic mass is 32.1. The lowest BCUT2D eigenvalue weighted by Crippen LogP contribution is -2.13. The monoisotopic (exact) mass is 305 g/mol. The van der Waals surface area contributed by atoms with E-state index in [-0.39, 0.29) is 0 Å². The zero-order chi connectivity index (χ0) is 15.1. The van der Waals surface area contributed by atoms with E-state index in [9.17, 15) is 0 Å². The molecule has 0 spiro atoms. The molecular formula is C16H23N3OS. The first-order valence-corrected chi connectivity index (χ1v) is 8.11. The van der Waals surface area contributed by atoms with E-state index in [4.69, 9.17) is 4.74 Å². The van der Waals surface area contributed by atoms with Crippen LogP contribution in [0.15, 0.2) is 29.6 Å². The van der Waals surface area contributed by atoms with Gasteiger partial charge in [0.2, 0.25) is 0 Å². The second-order valence-corrected chi connectivity index (χ2v) is 6.03. The number of rotatable bonds is 8. The van der Waals surface area contributed by atoms with Gasteiger partial charge in [-0.05, 0) is 25.1 Å². The molecule has 0 unspecified atom stereocenters. The van der Waals surface area contributed by atoms with Crippen molar-refractivity contribution in [3.8, 4) is 5.75 Å². The van der Waals surface area contributed by atoms with Crippen LogP contribution in [0, 0.1) is 0 Å². The fourth-order valence-corrected chi connectivity index (χ4v) is 2.63. The molecule has 2 aromatic rings. The van der Waals surface area contributed by atoms with Crippen LogP contribution in [-0.2, 0) is 13.2 Å². The summed E-state index contributed by atoms with van der Waals surface area (Å²) in [5.41, 5.74) is 2.12. The van der Waals surface area contributed by atoms with E-state index in [0.717, 1.165) is 41.6 Å². The molecule has 114 valence electrons. The van der Waals surface area contributed by atoms with Gasteiger partial charge in [0.05, 0.1) is 5.69 Å². The quantitative estimate of drug-likeness (QED) is 0.759. The number of anilines is 1. The van der Waals surface area contributed by atoms with Gasteiger partial charge in [0.15, 0.2) is 0 Å². The molecule has 1 aromatic carbocycles. The van der Waals surface area contributed by atoms with Gasteiger partial charge in [-0.2, -0.15) is 0 Å². The summed E-state index contributed by atoms with van der Waals surface area (Å²) in [5, 5.41) is 6.54. The van der Waals surface area contributed by atoms with Crippen molar-refractivity contribution in [3.63, 3.8) is 0 Å². The van der Waals surface area contributed by atoms with E-state index >= 15 is 0 Å². The minimum Gasteiger partial charge on any atom is -0.487 e. The Balaban J connectivity index is 1.86. The number of thiazole rings is 1. The highest BCUT2D eigenvalue weighted by Gasteiger charge is 2.04. The van der Waals surface area contributed by atoms with E-state index < -0.39 is 0 Å². The zero-order valence-electron chi connectivity index (χ0n) is 12.9. The molecule has 1 aromatic heterocycles. The molecular weight excluding hydrogens is 282 g/mol. The minimum absolute atomic E-state index is 0.515. The summed E-state index contributed by atoms with van der Waals surface area (Å²) in [5.74, 6) is 0.875.